The molecule has 0 spiro atoms. The first-order valence-corrected chi connectivity index (χ1v) is 7.65. The summed E-state index contributed by atoms with van der Waals surface area (Å²) in [7, 11) is 0. The number of carbonyl (C=O) groups excluding carboxylic acids is 2. The SMILES string of the molecule is CC1(C)CC(=O)c2cc(C(=O)Nc3ccccc3O)c(=O)[nH]c2C1. The number of hydrogen-bond donors (Lipinski definition) is 3. The second-order valence-corrected chi connectivity index (χ2v) is 6.82. The minimum absolute atomic E-state index is 0.0888. The number of aromatic nitrogens is 1. The molecule has 6 heteroatoms. The van der Waals surface area contributed by atoms with Gasteiger partial charge in [0.05, 0.1) is 5.69 Å². The molecule has 1 aliphatic rings. The summed E-state index contributed by atoms with van der Waals surface area (Å²) < 4.78 is 0. The van der Waals surface area contributed by atoms with Crippen LogP contribution in [0.5, 0.6) is 5.75 Å². The number of fused-ring (bicyclic) bond motifs is 1. The number of anilines is 1. The van der Waals surface area contributed by atoms with Crippen molar-refractivity contribution in [2.75, 3.05) is 5.32 Å². The molecule has 6 nitrogen and oxygen atoms in total. The summed E-state index contributed by atoms with van der Waals surface area (Å²) in [5.74, 6) is -0.856. The van der Waals surface area contributed by atoms with Crippen molar-refractivity contribution >= 4 is 17.4 Å². The van der Waals surface area contributed by atoms with Crippen LogP contribution in [0.1, 0.15) is 46.7 Å². The first-order chi connectivity index (χ1) is 11.3. The molecule has 0 aliphatic heterocycles. The van der Waals surface area contributed by atoms with Gasteiger partial charge in [0.2, 0.25) is 0 Å². The van der Waals surface area contributed by atoms with E-state index in [0.717, 1.165) is 0 Å². The highest BCUT2D eigenvalue weighted by Gasteiger charge is 2.32. The fourth-order valence-corrected chi connectivity index (χ4v) is 2.97. The molecule has 1 aliphatic carbocycles. The van der Waals surface area contributed by atoms with Crippen LogP contribution in [0.2, 0.25) is 0 Å². The van der Waals surface area contributed by atoms with Crippen molar-refractivity contribution in [3.63, 3.8) is 0 Å². The number of ketones is 1. The van der Waals surface area contributed by atoms with Gasteiger partial charge in [0.1, 0.15) is 11.3 Å². The molecule has 3 rings (SSSR count). The molecule has 124 valence electrons. The number of nitrogens with one attached hydrogen (secondary N) is 2. The van der Waals surface area contributed by atoms with Crippen molar-refractivity contribution in [1.29, 1.82) is 0 Å². The quantitative estimate of drug-likeness (QED) is 0.738. The third kappa shape index (κ3) is 2.95. The molecule has 0 saturated heterocycles. The Bertz CT molecular complexity index is 896. The van der Waals surface area contributed by atoms with Gasteiger partial charge in [0, 0.05) is 17.7 Å². The maximum atomic E-state index is 12.4. The second-order valence-electron chi connectivity index (χ2n) is 6.82. The lowest BCUT2D eigenvalue weighted by atomic mass is 9.75. The van der Waals surface area contributed by atoms with E-state index in [1.54, 1.807) is 12.1 Å². The van der Waals surface area contributed by atoms with Crippen molar-refractivity contribution in [2.24, 2.45) is 5.41 Å². The predicted molar refractivity (Wildman–Crippen MR) is 89.6 cm³/mol. The maximum Gasteiger partial charge on any atom is 0.261 e. The number of phenols is 1. The van der Waals surface area contributed by atoms with Gasteiger partial charge < -0.3 is 15.4 Å². The molecule has 0 radical (unpaired) electrons. The fourth-order valence-electron chi connectivity index (χ4n) is 2.97. The molecule has 0 saturated carbocycles. The van der Waals surface area contributed by atoms with Gasteiger partial charge in [-0.2, -0.15) is 0 Å². The fraction of sp³-hybridized carbons (Fsp3) is 0.278. The zero-order chi connectivity index (χ0) is 17.5. The molecule has 3 N–H and O–H groups in total. The van der Waals surface area contributed by atoms with Crippen molar-refractivity contribution in [3.05, 3.63) is 57.5 Å². The number of carbonyl (C=O) groups is 2. The molecule has 2 aromatic rings. The molecule has 0 unspecified atom stereocenters. The number of aromatic amines is 1. The van der Waals surface area contributed by atoms with Gasteiger partial charge >= 0.3 is 0 Å². The summed E-state index contributed by atoms with van der Waals surface area (Å²) >= 11 is 0. The van der Waals surface area contributed by atoms with Crippen LogP contribution >= 0.6 is 0 Å². The lowest BCUT2D eigenvalue weighted by Crippen LogP contribution is -2.32. The lowest BCUT2D eigenvalue weighted by molar-refractivity contribution is 0.0910. The van der Waals surface area contributed by atoms with Crippen LogP contribution < -0.4 is 10.9 Å². The average Bonchev–Trinajstić information content (AvgIpc) is 2.47. The molecular formula is C18H18N2O4. The number of Topliss-reactive ketones (excluding diaryl/α,β-unsaturated/α-hetero) is 1. The Morgan fingerprint density at radius 3 is 2.62 bits per heavy atom. The van der Waals surface area contributed by atoms with Crippen molar-refractivity contribution in [3.8, 4) is 5.75 Å². The van der Waals surface area contributed by atoms with E-state index in [2.05, 4.69) is 10.3 Å². The van der Waals surface area contributed by atoms with Crippen LogP contribution in [0.4, 0.5) is 5.69 Å². The topological polar surface area (TPSA) is 99.3 Å². The van der Waals surface area contributed by atoms with Gasteiger partial charge in [0.15, 0.2) is 5.78 Å². The molecular weight excluding hydrogens is 308 g/mol. The third-order valence-corrected chi connectivity index (χ3v) is 4.11. The van der Waals surface area contributed by atoms with Gasteiger partial charge in [-0.05, 0) is 30.0 Å². The van der Waals surface area contributed by atoms with Crippen LogP contribution in [0.25, 0.3) is 0 Å². The van der Waals surface area contributed by atoms with Gasteiger partial charge in [-0.3, -0.25) is 14.4 Å². The molecule has 1 aromatic heterocycles. The summed E-state index contributed by atoms with van der Waals surface area (Å²) in [6.07, 6.45) is 0.942. The van der Waals surface area contributed by atoms with Crippen LogP contribution in [-0.2, 0) is 6.42 Å². The van der Waals surface area contributed by atoms with Crippen molar-refractivity contribution < 1.29 is 14.7 Å². The molecule has 0 bridgehead atoms. The highest BCUT2D eigenvalue weighted by atomic mass is 16.3. The predicted octanol–water partition coefficient (Wildman–Crippen LogP) is 2.49. The summed E-state index contributed by atoms with van der Waals surface area (Å²) in [6, 6.07) is 7.57. The van der Waals surface area contributed by atoms with Crippen LogP contribution in [0.3, 0.4) is 0 Å². The van der Waals surface area contributed by atoms with Crippen molar-refractivity contribution in [1.82, 2.24) is 4.98 Å². The first kappa shape index (κ1) is 16.0. The summed E-state index contributed by atoms with van der Waals surface area (Å²) in [5, 5.41) is 12.2. The summed E-state index contributed by atoms with van der Waals surface area (Å²) in [5.41, 5.74) is 0.244. The lowest BCUT2D eigenvalue weighted by Gasteiger charge is -2.29. The summed E-state index contributed by atoms with van der Waals surface area (Å²) in [4.78, 5) is 39.6. The molecule has 1 aromatic carbocycles. The van der Waals surface area contributed by atoms with Crippen LogP contribution in [-0.4, -0.2) is 21.8 Å². The number of pyridine rings is 1. The summed E-state index contributed by atoms with van der Waals surface area (Å²) in [6.45, 7) is 3.93. The van der Waals surface area contributed by atoms with E-state index in [0.29, 0.717) is 24.1 Å². The molecule has 1 heterocycles. The second kappa shape index (κ2) is 5.63. The van der Waals surface area contributed by atoms with Gasteiger partial charge in [0.25, 0.3) is 11.5 Å². The highest BCUT2D eigenvalue weighted by Crippen LogP contribution is 2.33. The van der Waals surface area contributed by atoms with E-state index in [1.165, 1.54) is 18.2 Å². The van der Waals surface area contributed by atoms with Gasteiger partial charge in [-0.15, -0.1) is 0 Å². The Kier molecular flexibility index (Phi) is 3.75. The van der Waals surface area contributed by atoms with Gasteiger partial charge in [-0.25, -0.2) is 0 Å². The van der Waals surface area contributed by atoms with Gasteiger partial charge in [-0.1, -0.05) is 26.0 Å². The van der Waals surface area contributed by atoms with E-state index in [4.69, 9.17) is 0 Å². The van der Waals surface area contributed by atoms with E-state index in [-0.39, 0.29) is 28.2 Å². The third-order valence-electron chi connectivity index (χ3n) is 4.11. The largest absolute Gasteiger partial charge is 0.506 e. The Hall–Kier alpha value is -2.89. The zero-order valence-corrected chi connectivity index (χ0v) is 13.5. The number of para-hydroxylation sites is 2. The Labute approximate surface area is 138 Å². The molecule has 1 amide bonds. The molecule has 24 heavy (non-hydrogen) atoms. The Morgan fingerprint density at radius 2 is 1.92 bits per heavy atom. The van der Waals surface area contributed by atoms with Crippen LogP contribution in [0.15, 0.2) is 35.1 Å². The number of benzene rings is 1. The van der Waals surface area contributed by atoms with E-state index < -0.39 is 11.5 Å². The number of H-pyrrole nitrogens is 1. The normalized spacial score (nSPS) is 15.7. The Morgan fingerprint density at radius 1 is 1.21 bits per heavy atom. The number of phenolic OH excluding ortho intramolecular Hbond substituents is 1. The number of rotatable bonds is 2. The Balaban J connectivity index is 1.97. The minimum atomic E-state index is -0.668. The van der Waals surface area contributed by atoms with Crippen molar-refractivity contribution in [2.45, 2.75) is 26.7 Å². The van der Waals surface area contributed by atoms with E-state index in [1.807, 2.05) is 13.8 Å². The smallest absolute Gasteiger partial charge is 0.261 e. The molecule has 0 fully saturated rings. The monoisotopic (exact) mass is 326 g/mol. The standard InChI is InChI=1S/C18H18N2O4/c1-18(2)8-13-10(15(22)9-18)7-11(17(24)20-13)16(23)19-12-5-3-4-6-14(12)21/h3-7,21H,8-9H2,1-2H3,(H,19,23)(H,20,24). The van der Waals surface area contributed by atoms with E-state index >= 15 is 0 Å². The zero-order valence-electron chi connectivity index (χ0n) is 13.5. The number of amides is 1. The average molecular weight is 326 g/mol. The number of hydrogen-bond acceptors (Lipinski definition) is 4. The highest BCUT2D eigenvalue weighted by molar-refractivity contribution is 6.07. The maximum absolute atomic E-state index is 12.4. The first-order valence-electron chi connectivity index (χ1n) is 7.65. The number of aromatic hydroxyl groups is 1. The molecule has 0 atom stereocenters. The minimum Gasteiger partial charge on any atom is -0.506 e. The van der Waals surface area contributed by atoms with E-state index in [9.17, 15) is 19.5 Å². The van der Waals surface area contributed by atoms with Crippen LogP contribution in [0, 0.1) is 5.41 Å².